The zero-order valence-corrected chi connectivity index (χ0v) is 17.8. The molecule has 162 valence electrons. The Morgan fingerprint density at radius 1 is 1.19 bits per heavy atom. The second-order valence-corrected chi connectivity index (χ2v) is 7.94. The molecule has 1 fully saturated rings. The summed E-state index contributed by atoms with van der Waals surface area (Å²) in [4.78, 5) is 25.8. The molecular weight excluding hydrogens is 406 g/mol. The predicted molar refractivity (Wildman–Crippen MR) is 121 cm³/mol. The summed E-state index contributed by atoms with van der Waals surface area (Å²) in [5.74, 6) is 0.468. The van der Waals surface area contributed by atoms with Crippen LogP contribution in [0.5, 0.6) is 0 Å². The van der Waals surface area contributed by atoms with E-state index >= 15 is 0 Å². The number of carbonyl (C=O) groups is 1. The number of rotatable bonds is 6. The minimum Gasteiger partial charge on any atom is -0.377 e. The number of benzene rings is 1. The van der Waals surface area contributed by atoms with Crippen LogP contribution in [0.2, 0.25) is 0 Å². The first-order chi connectivity index (χ1) is 15.6. The largest absolute Gasteiger partial charge is 0.377 e. The quantitative estimate of drug-likeness (QED) is 0.483. The highest BCUT2D eigenvalue weighted by Gasteiger charge is 2.24. The third-order valence-corrected chi connectivity index (χ3v) is 5.42. The second kappa shape index (κ2) is 8.35. The van der Waals surface area contributed by atoms with Gasteiger partial charge >= 0.3 is 0 Å². The summed E-state index contributed by atoms with van der Waals surface area (Å²) in [7, 11) is 0. The Labute approximate surface area is 184 Å². The number of nitrogens with one attached hydrogen (secondary N) is 2. The van der Waals surface area contributed by atoms with Crippen LogP contribution in [0.3, 0.4) is 0 Å². The molecule has 0 radical (unpaired) electrons. The molecule has 1 aromatic carbocycles. The molecule has 2 N–H and O–H groups in total. The van der Waals surface area contributed by atoms with Crippen LogP contribution < -0.4 is 10.6 Å². The van der Waals surface area contributed by atoms with Crippen LogP contribution in [-0.2, 0) is 4.74 Å². The van der Waals surface area contributed by atoms with E-state index < -0.39 is 0 Å². The van der Waals surface area contributed by atoms with E-state index in [4.69, 9.17) is 9.72 Å². The molecule has 32 heavy (non-hydrogen) atoms. The number of aromatic nitrogens is 5. The molecule has 1 amide bonds. The SMILES string of the molecule is Cc1cncc(C(=O)Nc2cccc([C@H](C)Nc3cnc4cnn(C5COC5)c4n3)c2)c1. The van der Waals surface area contributed by atoms with Crippen LogP contribution in [-0.4, -0.2) is 43.9 Å². The Hall–Kier alpha value is -3.85. The second-order valence-electron chi connectivity index (χ2n) is 7.94. The molecule has 1 aliphatic rings. The Morgan fingerprint density at radius 3 is 2.84 bits per heavy atom. The van der Waals surface area contributed by atoms with E-state index in [-0.39, 0.29) is 18.0 Å². The molecule has 0 aliphatic carbocycles. The molecule has 3 aromatic heterocycles. The Morgan fingerprint density at radius 2 is 2.06 bits per heavy atom. The lowest BCUT2D eigenvalue weighted by Gasteiger charge is -2.26. The van der Waals surface area contributed by atoms with Crippen molar-refractivity contribution >= 4 is 28.6 Å². The molecule has 9 heteroatoms. The molecule has 1 atom stereocenters. The first kappa shape index (κ1) is 20.1. The molecule has 0 saturated carbocycles. The van der Waals surface area contributed by atoms with E-state index in [9.17, 15) is 4.79 Å². The lowest BCUT2D eigenvalue weighted by Crippen LogP contribution is -2.31. The number of hydrogen-bond donors (Lipinski definition) is 2. The molecule has 1 aliphatic heterocycles. The maximum absolute atomic E-state index is 12.6. The fourth-order valence-electron chi connectivity index (χ4n) is 3.59. The van der Waals surface area contributed by atoms with Gasteiger partial charge in [0, 0.05) is 18.1 Å². The van der Waals surface area contributed by atoms with Crippen LogP contribution in [0.1, 0.15) is 40.5 Å². The van der Waals surface area contributed by atoms with E-state index in [1.807, 2.05) is 48.9 Å². The maximum Gasteiger partial charge on any atom is 0.257 e. The minimum atomic E-state index is -0.191. The number of pyridine rings is 1. The van der Waals surface area contributed by atoms with Crippen LogP contribution in [0.25, 0.3) is 11.2 Å². The van der Waals surface area contributed by atoms with Gasteiger partial charge in [-0.25, -0.2) is 14.6 Å². The topological polar surface area (TPSA) is 107 Å². The maximum atomic E-state index is 12.6. The van der Waals surface area contributed by atoms with Gasteiger partial charge in [-0.3, -0.25) is 9.78 Å². The van der Waals surface area contributed by atoms with Gasteiger partial charge in [-0.05, 0) is 43.2 Å². The van der Waals surface area contributed by atoms with Gasteiger partial charge in [-0.1, -0.05) is 12.1 Å². The van der Waals surface area contributed by atoms with E-state index in [1.165, 1.54) is 0 Å². The van der Waals surface area contributed by atoms with Gasteiger partial charge in [-0.2, -0.15) is 5.10 Å². The Balaban J connectivity index is 1.31. The summed E-state index contributed by atoms with van der Waals surface area (Å²) in [6.07, 6.45) is 6.71. The minimum absolute atomic E-state index is 0.0531. The van der Waals surface area contributed by atoms with Gasteiger partial charge in [-0.15, -0.1) is 0 Å². The lowest BCUT2D eigenvalue weighted by atomic mass is 10.1. The summed E-state index contributed by atoms with van der Waals surface area (Å²) in [5, 5.41) is 10.7. The van der Waals surface area contributed by atoms with Crippen LogP contribution in [0.15, 0.2) is 55.1 Å². The fraction of sp³-hybridized carbons (Fsp3) is 0.261. The molecule has 5 rings (SSSR count). The van der Waals surface area contributed by atoms with Crippen LogP contribution in [0, 0.1) is 6.92 Å². The Bertz CT molecular complexity index is 1280. The summed E-state index contributed by atoms with van der Waals surface area (Å²) < 4.78 is 7.15. The third-order valence-electron chi connectivity index (χ3n) is 5.42. The lowest BCUT2D eigenvalue weighted by molar-refractivity contribution is -0.0269. The molecule has 4 heterocycles. The molecule has 0 bridgehead atoms. The van der Waals surface area contributed by atoms with E-state index in [0.29, 0.717) is 30.3 Å². The van der Waals surface area contributed by atoms with Gasteiger partial charge < -0.3 is 15.4 Å². The van der Waals surface area contributed by atoms with E-state index in [1.54, 1.807) is 24.8 Å². The number of nitrogens with zero attached hydrogens (tertiary/aromatic N) is 5. The van der Waals surface area contributed by atoms with Crippen molar-refractivity contribution in [3.8, 4) is 0 Å². The average molecular weight is 429 g/mol. The summed E-state index contributed by atoms with van der Waals surface area (Å²) in [5.41, 5.74) is 4.68. The standard InChI is InChI=1S/C23H23N7O2/c1-14-6-17(9-24-8-14)23(31)28-18-5-3-4-16(7-18)15(2)27-21-11-25-20-10-26-30(22(20)29-21)19-12-32-13-19/h3-11,15,19H,12-13H2,1-2H3,(H,27,29)(H,28,31)/t15-/m0/s1. The number of hydrogen-bond acceptors (Lipinski definition) is 7. The fourth-order valence-corrected chi connectivity index (χ4v) is 3.59. The zero-order valence-electron chi connectivity index (χ0n) is 17.8. The van der Waals surface area contributed by atoms with Crippen molar-refractivity contribution in [3.05, 3.63) is 71.8 Å². The highest BCUT2D eigenvalue weighted by atomic mass is 16.5. The van der Waals surface area contributed by atoms with Crippen molar-refractivity contribution in [1.29, 1.82) is 0 Å². The van der Waals surface area contributed by atoms with Crippen molar-refractivity contribution in [1.82, 2.24) is 24.7 Å². The predicted octanol–water partition coefficient (Wildman–Crippen LogP) is 3.53. The zero-order chi connectivity index (χ0) is 22.1. The highest BCUT2D eigenvalue weighted by molar-refractivity contribution is 6.04. The number of ether oxygens (including phenoxy) is 1. The van der Waals surface area contributed by atoms with Crippen molar-refractivity contribution in [2.24, 2.45) is 0 Å². The van der Waals surface area contributed by atoms with Gasteiger partial charge in [0.15, 0.2) is 5.65 Å². The first-order valence-electron chi connectivity index (χ1n) is 10.4. The smallest absolute Gasteiger partial charge is 0.257 e. The van der Waals surface area contributed by atoms with Crippen LogP contribution in [0.4, 0.5) is 11.5 Å². The number of fused-ring (bicyclic) bond motifs is 1. The molecule has 4 aromatic rings. The van der Waals surface area contributed by atoms with Crippen LogP contribution >= 0.6 is 0 Å². The first-order valence-corrected chi connectivity index (χ1v) is 10.4. The molecule has 0 unspecified atom stereocenters. The van der Waals surface area contributed by atoms with Crippen molar-refractivity contribution in [2.75, 3.05) is 23.8 Å². The van der Waals surface area contributed by atoms with Gasteiger partial charge in [0.1, 0.15) is 17.4 Å². The summed E-state index contributed by atoms with van der Waals surface area (Å²) >= 11 is 0. The van der Waals surface area contributed by atoms with Crippen molar-refractivity contribution in [2.45, 2.75) is 25.9 Å². The van der Waals surface area contributed by atoms with Gasteiger partial charge in [0.05, 0.1) is 37.2 Å². The third kappa shape index (κ3) is 4.02. The van der Waals surface area contributed by atoms with Crippen molar-refractivity contribution in [3.63, 3.8) is 0 Å². The monoisotopic (exact) mass is 429 g/mol. The Kier molecular flexibility index (Phi) is 5.24. The van der Waals surface area contributed by atoms with Gasteiger partial charge in [0.2, 0.25) is 0 Å². The number of amides is 1. The molecule has 1 saturated heterocycles. The van der Waals surface area contributed by atoms with E-state index in [2.05, 4.69) is 25.7 Å². The number of aryl methyl sites for hydroxylation is 1. The molecule has 9 nitrogen and oxygen atoms in total. The molecule has 0 spiro atoms. The highest BCUT2D eigenvalue weighted by Crippen LogP contribution is 2.24. The molecular formula is C23H23N7O2. The number of carbonyl (C=O) groups excluding carboxylic acids is 1. The summed E-state index contributed by atoms with van der Waals surface area (Å²) in [6.45, 7) is 5.23. The number of anilines is 2. The normalized spacial score (nSPS) is 14.7. The van der Waals surface area contributed by atoms with Crippen molar-refractivity contribution < 1.29 is 9.53 Å². The average Bonchev–Trinajstić information content (AvgIpc) is 3.15. The van der Waals surface area contributed by atoms with Gasteiger partial charge in [0.25, 0.3) is 5.91 Å². The summed E-state index contributed by atoms with van der Waals surface area (Å²) in [6, 6.07) is 9.69. The van der Waals surface area contributed by atoms with E-state index in [0.717, 1.165) is 22.3 Å².